The molecule has 0 saturated carbocycles. The lowest BCUT2D eigenvalue weighted by atomic mass is 10.2. The molecule has 0 spiro atoms. The average molecular weight is 536 g/mol. The molecular formula is C14H18Br3NO4S. The van der Waals surface area contributed by atoms with Crippen molar-refractivity contribution in [3.8, 4) is 0 Å². The van der Waals surface area contributed by atoms with Crippen molar-refractivity contribution in [1.29, 1.82) is 0 Å². The van der Waals surface area contributed by atoms with Crippen LogP contribution in [0.25, 0.3) is 0 Å². The summed E-state index contributed by atoms with van der Waals surface area (Å²) in [6.45, 7) is 0.631. The fraction of sp³-hybridized carbons (Fsp3) is 0.500. The molecule has 0 aliphatic carbocycles. The van der Waals surface area contributed by atoms with Crippen LogP contribution < -0.4 is 5.32 Å². The second-order valence-electron chi connectivity index (χ2n) is 4.84. The van der Waals surface area contributed by atoms with Crippen molar-refractivity contribution < 1.29 is 18.3 Å². The van der Waals surface area contributed by atoms with Crippen LogP contribution in [0.4, 0.5) is 0 Å². The van der Waals surface area contributed by atoms with Crippen LogP contribution >= 0.6 is 47.8 Å². The van der Waals surface area contributed by atoms with E-state index in [2.05, 4.69) is 53.1 Å². The normalized spacial score (nSPS) is 12.2. The zero-order valence-electron chi connectivity index (χ0n) is 12.3. The van der Waals surface area contributed by atoms with Gasteiger partial charge in [-0.25, -0.2) is 8.42 Å². The molecule has 1 amide bonds. The lowest BCUT2D eigenvalue weighted by Crippen LogP contribution is -2.28. The maximum absolute atomic E-state index is 12.5. The molecule has 0 bridgehead atoms. The van der Waals surface area contributed by atoms with Gasteiger partial charge in [-0.05, 0) is 72.8 Å². The molecule has 0 aliphatic heterocycles. The molecule has 130 valence electrons. The van der Waals surface area contributed by atoms with Gasteiger partial charge < -0.3 is 10.4 Å². The van der Waals surface area contributed by atoms with E-state index in [-0.39, 0.29) is 17.1 Å². The number of benzene rings is 1. The van der Waals surface area contributed by atoms with E-state index >= 15 is 0 Å². The summed E-state index contributed by atoms with van der Waals surface area (Å²) >= 11 is 9.00. The Morgan fingerprint density at radius 2 is 1.70 bits per heavy atom. The van der Waals surface area contributed by atoms with E-state index in [0.29, 0.717) is 6.54 Å². The van der Waals surface area contributed by atoms with Crippen molar-refractivity contribution in [1.82, 2.24) is 5.32 Å². The minimum Gasteiger partial charge on any atom is -0.396 e. The molecule has 0 heterocycles. The van der Waals surface area contributed by atoms with Gasteiger partial charge >= 0.3 is 0 Å². The summed E-state index contributed by atoms with van der Waals surface area (Å²) in [4.78, 5) is 12.2. The second-order valence-corrected chi connectivity index (χ2v) is 15.2. The molecule has 1 aromatic carbocycles. The monoisotopic (exact) mass is 533 g/mol. The Balaban J connectivity index is 2.80. The molecule has 0 fully saturated rings. The van der Waals surface area contributed by atoms with E-state index in [1.54, 1.807) is 12.1 Å². The van der Waals surface area contributed by atoms with Gasteiger partial charge in [0.2, 0.25) is 11.3 Å². The zero-order valence-corrected chi connectivity index (χ0v) is 17.8. The van der Waals surface area contributed by atoms with Crippen molar-refractivity contribution in [2.45, 2.75) is 32.1 Å². The molecule has 0 radical (unpaired) electrons. The smallest absolute Gasteiger partial charge is 0.252 e. The van der Waals surface area contributed by atoms with Gasteiger partial charge in [-0.3, -0.25) is 4.79 Å². The summed E-state index contributed by atoms with van der Waals surface area (Å²) in [5.41, 5.74) is 0.102. The number of unbranched alkanes of at least 4 members (excludes halogenated alkanes) is 3. The highest BCUT2D eigenvalue weighted by atomic mass is 80.0. The lowest BCUT2D eigenvalue weighted by molar-refractivity contribution is 0.0949. The van der Waals surface area contributed by atoms with Gasteiger partial charge in [-0.1, -0.05) is 25.0 Å². The average Bonchev–Trinajstić information content (AvgIpc) is 2.49. The maximum atomic E-state index is 12.5. The van der Waals surface area contributed by atoms with E-state index in [4.69, 9.17) is 5.11 Å². The molecule has 1 aromatic rings. The van der Waals surface area contributed by atoms with Crippen LogP contribution in [0, 0.1) is 0 Å². The minimum atomic E-state index is -3.83. The summed E-state index contributed by atoms with van der Waals surface area (Å²) in [7, 11) is -3.83. The number of carbonyl (C=O) groups excluding carboxylic acids is 1. The van der Waals surface area contributed by atoms with Gasteiger partial charge in [0.05, 0.1) is 10.5 Å². The fourth-order valence-electron chi connectivity index (χ4n) is 1.90. The molecule has 0 aliphatic rings. The van der Waals surface area contributed by atoms with Gasteiger partial charge in [0.15, 0.2) is 0 Å². The molecule has 0 unspecified atom stereocenters. The molecule has 0 aromatic heterocycles. The van der Waals surface area contributed by atoms with Crippen LogP contribution in [0.15, 0.2) is 29.2 Å². The van der Waals surface area contributed by atoms with Gasteiger partial charge in [-0.15, -0.1) is 0 Å². The van der Waals surface area contributed by atoms with Crippen LogP contribution in [-0.2, 0) is 9.84 Å². The molecule has 9 heteroatoms. The third-order valence-electron chi connectivity index (χ3n) is 3.10. The largest absolute Gasteiger partial charge is 0.396 e. The van der Waals surface area contributed by atoms with Crippen molar-refractivity contribution in [3.05, 3.63) is 29.8 Å². The molecule has 0 atom stereocenters. The SMILES string of the molecule is O=C(NCCCCCCO)c1ccccc1S(=O)(=O)C(Br)(Br)Br. The zero-order chi connectivity index (χ0) is 17.5. The Bertz CT molecular complexity index is 629. The molecule has 23 heavy (non-hydrogen) atoms. The first-order valence-corrected chi connectivity index (χ1v) is 10.9. The summed E-state index contributed by atoms with van der Waals surface area (Å²) in [6.07, 6.45) is 3.32. The molecule has 0 saturated heterocycles. The Morgan fingerprint density at radius 3 is 2.30 bits per heavy atom. The van der Waals surface area contributed by atoms with E-state index in [1.807, 2.05) is 0 Å². The highest BCUT2D eigenvalue weighted by Gasteiger charge is 2.39. The van der Waals surface area contributed by atoms with Crippen molar-refractivity contribution >= 4 is 63.5 Å². The standard InChI is InChI=1S/C14H18Br3NO4S/c15-14(16,17)23(21,22)12-8-4-3-7-11(12)13(20)18-9-5-1-2-6-10-19/h3-4,7-8,19H,1-2,5-6,9-10H2,(H,18,20). The summed E-state index contributed by atoms with van der Waals surface area (Å²) in [6, 6.07) is 6.06. The topological polar surface area (TPSA) is 83.5 Å². The van der Waals surface area contributed by atoms with Crippen molar-refractivity contribution in [2.75, 3.05) is 13.2 Å². The Morgan fingerprint density at radius 1 is 1.09 bits per heavy atom. The number of aliphatic hydroxyl groups excluding tert-OH is 1. The molecular weight excluding hydrogens is 518 g/mol. The number of alkyl halides is 3. The van der Waals surface area contributed by atoms with E-state index in [1.165, 1.54) is 12.1 Å². The fourth-order valence-corrected chi connectivity index (χ4v) is 4.43. The van der Waals surface area contributed by atoms with Gasteiger partial charge in [0.25, 0.3) is 5.91 Å². The number of hydrogen-bond acceptors (Lipinski definition) is 4. The van der Waals surface area contributed by atoms with Gasteiger partial charge in [0.1, 0.15) is 0 Å². The van der Waals surface area contributed by atoms with E-state index in [0.717, 1.165) is 25.7 Å². The number of hydrogen-bond donors (Lipinski definition) is 2. The summed E-state index contributed by atoms with van der Waals surface area (Å²) in [5.74, 6) is -0.428. The van der Waals surface area contributed by atoms with E-state index < -0.39 is 17.2 Å². The van der Waals surface area contributed by atoms with Crippen LogP contribution in [0.3, 0.4) is 0 Å². The first-order valence-electron chi connectivity index (χ1n) is 7.01. The minimum absolute atomic E-state index is 0.0663. The predicted octanol–water partition coefficient (Wildman–Crippen LogP) is 3.54. The van der Waals surface area contributed by atoms with Crippen LogP contribution in [0.1, 0.15) is 36.0 Å². The van der Waals surface area contributed by atoms with Crippen LogP contribution in [0.5, 0.6) is 0 Å². The number of aliphatic hydroxyl groups is 1. The van der Waals surface area contributed by atoms with Crippen LogP contribution in [-0.4, -0.2) is 34.1 Å². The molecule has 1 rings (SSSR count). The third kappa shape index (κ3) is 6.12. The first kappa shape index (κ1) is 21.1. The predicted molar refractivity (Wildman–Crippen MR) is 101 cm³/mol. The Kier molecular flexibility index (Phi) is 8.71. The maximum Gasteiger partial charge on any atom is 0.252 e. The Labute approximate surface area is 161 Å². The Hall–Kier alpha value is 0.0400. The lowest BCUT2D eigenvalue weighted by Gasteiger charge is -2.16. The third-order valence-corrected chi connectivity index (χ3v) is 8.48. The number of amides is 1. The number of nitrogens with one attached hydrogen (secondary N) is 1. The van der Waals surface area contributed by atoms with Crippen molar-refractivity contribution in [2.24, 2.45) is 0 Å². The van der Waals surface area contributed by atoms with Crippen molar-refractivity contribution in [3.63, 3.8) is 0 Å². The quantitative estimate of drug-likeness (QED) is 0.394. The highest BCUT2D eigenvalue weighted by Crippen LogP contribution is 2.43. The molecule has 5 nitrogen and oxygen atoms in total. The second kappa shape index (κ2) is 9.50. The number of sulfone groups is 1. The number of halogens is 3. The highest BCUT2D eigenvalue weighted by molar-refractivity contribution is 9.42. The molecule has 2 N–H and O–H groups in total. The van der Waals surface area contributed by atoms with E-state index in [9.17, 15) is 13.2 Å². The summed E-state index contributed by atoms with van der Waals surface area (Å²) in [5, 5.41) is 11.4. The first-order chi connectivity index (χ1) is 10.7. The summed E-state index contributed by atoms with van der Waals surface area (Å²) < 4.78 is 23.4. The number of carbonyl (C=O) groups is 1. The number of rotatable bonds is 8. The van der Waals surface area contributed by atoms with Gasteiger partial charge in [0, 0.05) is 13.2 Å². The van der Waals surface area contributed by atoms with Crippen LogP contribution in [0.2, 0.25) is 0 Å². The van der Waals surface area contributed by atoms with Gasteiger partial charge in [-0.2, -0.15) is 0 Å².